The van der Waals surface area contributed by atoms with E-state index >= 15 is 0 Å². The van der Waals surface area contributed by atoms with Gasteiger partial charge in [-0.05, 0) is 24.1 Å². The van der Waals surface area contributed by atoms with Crippen LogP contribution in [0, 0.1) is 0 Å². The van der Waals surface area contributed by atoms with Crippen molar-refractivity contribution in [3.63, 3.8) is 0 Å². The van der Waals surface area contributed by atoms with Gasteiger partial charge in [0, 0.05) is 17.0 Å². The largest absolute Gasteiger partial charge is 0.496 e. The van der Waals surface area contributed by atoms with Gasteiger partial charge in [-0.25, -0.2) is 0 Å². The fourth-order valence-corrected chi connectivity index (χ4v) is 1.57. The summed E-state index contributed by atoms with van der Waals surface area (Å²) in [6.45, 7) is 0.393. The molecule has 0 bridgehead atoms. The standard InChI is InChI=1S/C13H15N3O3/c1-18-12-7-10(9-17)8-13(19-2)11(12)5-3-4-6-15-16-14/h3,5,7-9H,4,6H2,1-2H3. The van der Waals surface area contributed by atoms with Crippen molar-refractivity contribution >= 4 is 12.4 Å². The number of aldehydes is 1. The molecule has 100 valence electrons. The van der Waals surface area contributed by atoms with Crippen LogP contribution in [0.2, 0.25) is 0 Å². The van der Waals surface area contributed by atoms with Crippen LogP contribution in [-0.2, 0) is 0 Å². The van der Waals surface area contributed by atoms with Gasteiger partial charge in [-0.1, -0.05) is 17.3 Å². The van der Waals surface area contributed by atoms with Crippen LogP contribution in [0.5, 0.6) is 11.5 Å². The minimum Gasteiger partial charge on any atom is -0.496 e. The third-order valence-corrected chi connectivity index (χ3v) is 2.45. The summed E-state index contributed by atoms with van der Waals surface area (Å²) in [5, 5.41) is 3.44. The summed E-state index contributed by atoms with van der Waals surface area (Å²) >= 11 is 0. The summed E-state index contributed by atoms with van der Waals surface area (Å²) in [6, 6.07) is 3.28. The number of benzene rings is 1. The number of methoxy groups -OCH3 is 2. The van der Waals surface area contributed by atoms with Gasteiger partial charge in [0.15, 0.2) is 0 Å². The molecule has 0 fully saturated rings. The lowest BCUT2D eigenvalue weighted by Crippen LogP contribution is -1.95. The van der Waals surface area contributed by atoms with Gasteiger partial charge in [0.05, 0.1) is 19.8 Å². The fourth-order valence-electron chi connectivity index (χ4n) is 1.57. The Morgan fingerprint density at radius 3 is 2.42 bits per heavy atom. The first-order valence-corrected chi connectivity index (χ1v) is 5.65. The summed E-state index contributed by atoms with van der Waals surface area (Å²) in [4.78, 5) is 13.5. The van der Waals surface area contributed by atoms with E-state index in [0.717, 1.165) is 11.8 Å². The number of azide groups is 1. The van der Waals surface area contributed by atoms with Gasteiger partial charge in [-0.2, -0.15) is 0 Å². The fraction of sp³-hybridized carbons (Fsp3) is 0.308. The molecule has 0 aromatic heterocycles. The lowest BCUT2D eigenvalue weighted by atomic mass is 10.1. The first kappa shape index (κ1) is 14.6. The summed E-state index contributed by atoms with van der Waals surface area (Å²) in [5.74, 6) is 1.11. The van der Waals surface area contributed by atoms with E-state index in [1.165, 1.54) is 14.2 Å². The molecule has 0 radical (unpaired) electrons. The van der Waals surface area contributed by atoms with Crippen LogP contribution >= 0.6 is 0 Å². The Kier molecular flexibility index (Phi) is 5.98. The molecule has 0 aliphatic heterocycles. The molecule has 6 heteroatoms. The predicted octanol–water partition coefficient (Wildman–Crippen LogP) is 3.23. The Morgan fingerprint density at radius 1 is 1.32 bits per heavy atom. The smallest absolute Gasteiger partial charge is 0.150 e. The van der Waals surface area contributed by atoms with Crippen LogP contribution < -0.4 is 9.47 Å². The SMILES string of the molecule is COc1cc(C=O)cc(OC)c1C=CCCN=[N+]=[N-]. The lowest BCUT2D eigenvalue weighted by Gasteiger charge is -2.11. The molecule has 1 aromatic carbocycles. The van der Waals surface area contributed by atoms with E-state index in [2.05, 4.69) is 10.0 Å². The zero-order valence-electron chi connectivity index (χ0n) is 10.9. The molecular formula is C13H15N3O3. The highest BCUT2D eigenvalue weighted by atomic mass is 16.5. The molecule has 0 atom stereocenters. The number of carbonyl (C=O) groups is 1. The van der Waals surface area contributed by atoms with Gasteiger partial charge >= 0.3 is 0 Å². The van der Waals surface area contributed by atoms with E-state index in [1.54, 1.807) is 12.1 Å². The summed E-state index contributed by atoms with van der Waals surface area (Å²) < 4.78 is 10.5. The summed E-state index contributed by atoms with van der Waals surface area (Å²) in [5.41, 5.74) is 9.40. The Morgan fingerprint density at radius 2 is 1.95 bits per heavy atom. The maximum atomic E-state index is 10.8. The van der Waals surface area contributed by atoms with Gasteiger partial charge in [0.1, 0.15) is 17.8 Å². The number of rotatable bonds is 7. The molecule has 0 heterocycles. The quantitative estimate of drug-likeness (QED) is 0.248. The first-order chi connectivity index (χ1) is 9.26. The third kappa shape index (κ3) is 4.04. The van der Waals surface area contributed by atoms with Crippen molar-refractivity contribution in [1.82, 2.24) is 0 Å². The van der Waals surface area contributed by atoms with Crippen LogP contribution in [0.25, 0.3) is 16.5 Å². The lowest BCUT2D eigenvalue weighted by molar-refractivity contribution is 0.112. The Balaban J connectivity index is 3.03. The van der Waals surface area contributed by atoms with Crippen molar-refractivity contribution in [2.45, 2.75) is 6.42 Å². The topological polar surface area (TPSA) is 84.3 Å². The second-order valence-electron chi connectivity index (χ2n) is 3.60. The highest BCUT2D eigenvalue weighted by Crippen LogP contribution is 2.31. The highest BCUT2D eigenvalue weighted by Gasteiger charge is 2.09. The molecule has 0 saturated carbocycles. The van der Waals surface area contributed by atoms with Crippen molar-refractivity contribution in [3.05, 3.63) is 39.8 Å². The van der Waals surface area contributed by atoms with Gasteiger partial charge in [-0.15, -0.1) is 0 Å². The number of nitrogens with zero attached hydrogens (tertiary/aromatic N) is 3. The van der Waals surface area contributed by atoms with Gasteiger partial charge in [0.25, 0.3) is 0 Å². The predicted molar refractivity (Wildman–Crippen MR) is 72.6 cm³/mol. The molecule has 0 amide bonds. The molecule has 0 unspecified atom stereocenters. The Bertz CT molecular complexity index is 495. The van der Waals surface area contributed by atoms with Crippen molar-refractivity contribution in [1.29, 1.82) is 0 Å². The number of hydrogen-bond donors (Lipinski definition) is 0. The van der Waals surface area contributed by atoms with E-state index in [0.29, 0.717) is 30.0 Å². The second kappa shape index (κ2) is 7.79. The maximum Gasteiger partial charge on any atom is 0.150 e. The number of carbonyl (C=O) groups excluding carboxylic acids is 1. The average Bonchev–Trinajstić information content (AvgIpc) is 2.46. The van der Waals surface area contributed by atoms with Gasteiger partial charge in [-0.3, -0.25) is 4.79 Å². The minimum absolute atomic E-state index is 0.393. The van der Waals surface area contributed by atoms with Crippen LogP contribution in [0.1, 0.15) is 22.3 Å². The van der Waals surface area contributed by atoms with E-state index in [4.69, 9.17) is 15.0 Å². The molecule has 19 heavy (non-hydrogen) atoms. The summed E-state index contributed by atoms with van der Waals surface area (Å²) in [7, 11) is 3.06. The Labute approximate surface area is 111 Å². The molecule has 0 aliphatic rings. The summed E-state index contributed by atoms with van der Waals surface area (Å²) in [6.07, 6.45) is 5.03. The molecule has 0 saturated heterocycles. The molecule has 1 aromatic rings. The molecule has 1 rings (SSSR count). The van der Waals surface area contributed by atoms with Crippen LogP contribution in [0.15, 0.2) is 23.3 Å². The van der Waals surface area contributed by atoms with Crippen molar-refractivity contribution in [2.75, 3.05) is 20.8 Å². The van der Waals surface area contributed by atoms with Crippen LogP contribution in [0.3, 0.4) is 0 Å². The maximum absolute atomic E-state index is 10.8. The highest BCUT2D eigenvalue weighted by molar-refractivity contribution is 5.79. The zero-order valence-corrected chi connectivity index (χ0v) is 10.9. The van der Waals surface area contributed by atoms with Crippen LogP contribution in [-0.4, -0.2) is 27.1 Å². The zero-order chi connectivity index (χ0) is 14.1. The molecule has 0 N–H and O–H groups in total. The molecule has 6 nitrogen and oxygen atoms in total. The molecule has 0 aliphatic carbocycles. The monoisotopic (exact) mass is 261 g/mol. The van der Waals surface area contributed by atoms with Crippen molar-refractivity contribution in [2.24, 2.45) is 5.11 Å². The Hall–Kier alpha value is -2.46. The van der Waals surface area contributed by atoms with E-state index < -0.39 is 0 Å². The van der Waals surface area contributed by atoms with Crippen molar-refractivity contribution in [3.8, 4) is 11.5 Å². The van der Waals surface area contributed by atoms with Crippen LogP contribution in [0.4, 0.5) is 0 Å². The normalized spacial score (nSPS) is 10.0. The minimum atomic E-state index is 0.393. The number of ether oxygens (including phenoxy) is 2. The van der Waals surface area contributed by atoms with Gasteiger partial charge < -0.3 is 9.47 Å². The van der Waals surface area contributed by atoms with E-state index in [-0.39, 0.29) is 0 Å². The number of hydrogen-bond acceptors (Lipinski definition) is 4. The van der Waals surface area contributed by atoms with E-state index in [1.807, 2.05) is 12.2 Å². The molecular weight excluding hydrogens is 246 g/mol. The van der Waals surface area contributed by atoms with Gasteiger partial charge in [0.2, 0.25) is 0 Å². The second-order valence-corrected chi connectivity index (χ2v) is 3.60. The first-order valence-electron chi connectivity index (χ1n) is 5.65. The van der Waals surface area contributed by atoms with E-state index in [9.17, 15) is 4.79 Å². The molecule has 0 spiro atoms. The average molecular weight is 261 g/mol. The third-order valence-electron chi connectivity index (χ3n) is 2.45. The van der Waals surface area contributed by atoms with Crippen molar-refractivity contribution < 1.29 is 14.3 Å².